The van der Waals surface area contributed by atoms with E-state index in [1.165, 1.54) is 19.2 Å². The lowest BCUT2D eigenvalue weighted by Crippen LogP contribution is -2.37. The Morgan fingerprint density at radius 3 is 2.43 bits per heavy atom. The summed E-state index contributed by atoms with van der Waals surface area (Å²) in [6.07, 6.45) is 3.31. The predicted molar refractivity (Wildman–Crippen MR) is 105 cm³/mol. The number of benzene rings is 2. The fraction of sp³-hybridized carbons (Fsp3) is 0.0476. The third-order valence-corrected chi connectivity index (χ3v) is 6.49. The minimum atomic E-state index is -3.93. The second-order valence-electron chi connectivity index (χ2n) is 6.31. The number of aromatic nitrogens is 1. The smallest absolute Gasteiger partial charge is 0.265 e. The lowest BCUT2D eigenvalue weighted by Gasteiger charge is -2.28. The largest absolute Gasteiger partial charge is 0.505 e. The molecule has 0 radical (unpaired) electrons. The summed E-state index contributed by atoms with van der Waals surface area (Å²) in [5, 5.41) is 10.9. The number of pyridine rings is 1. The van der Waals surface area contributed by atoms with Crippen LogP contribution < -0.4 is 0 Å². The average Bonchev–Trinajstić information content (AvgIpc) is 2.73. The molecule has 0 bridgehead atoms. The lowest BCUT2D eigenvalue weighted by atomic mass is 10.0. The topological polar surface area (TPSA) is 87.6 Å². The van der Waals surface area contributed by atoms with Gasteiger partial charge in [-0.05, 0) is 41.5 Å². The number of rotatable bonds is 2. The second kappa shape index (κ2) is 6.61. The van der Waals surface area contributed by atoms with Gasteiger partial charge in [-0.3, -0.25) is 14.1 Å². The van der Waals surface area contributed by atoms with Crippen molar-refractivity contribution in [2.75, 3.05) is 7.05 Å². The van der Waals surface area contributed by atoms with Gasteiger partial charge in [-0.15, -0.1) is 0 Å². The van der Waals surface area contributed by atoms with Crippen LogP contribution in [-0.4, -0.2) is 35.6 Å². The zero-order valence-corrected chi connectivity index (χ0v) is 15.7. The quantitative estimate of drug-likeness (QED) is 0.533. The van der Waals surface area contributed by atoms with Crippen LogP contribution in [-0.2, 0) is 10.0 Å². The standard InChI is InChI=1S/C21H16N2O4S/c1-23-19(21(25)17-7-2-3-8-18(17)28(23,26)27)20(24)16-6-4-5-15(13-16)14-9-11-22-12-10-14/h2-13,24H,1H3. The first-order chi connectivity index (χ1) is 13.4. The van der Waals surface area contributed by atoms with Gasteiger partial charge in [-0.25, -0.2) is 8.42 Å². The van der Waals surface area contributed by atoms with E-state index in [9.17, 15) is 18.3 Å². The Kier molecular flexibility index (Phi) is 4.24. The van der Waals surface area contributed by atoms with Gasteiger partial charge in [0.05, 0.1) is 4.90 Å². The van der Waals surface area contributed by atoms with Crippen molar-refractivity contribution < 1.29 is 18.3 Å². The first-order valence-electron chi connectivity index (χ1n) is 8.48. The number of carbonyl (C=O) groups excluding carboxylic acids is 1. The van der Waals surface area contributed by atoms with Gasteiger partial charge in [-0.1, -0.05) is 30.3 Å². The van der Waals surface area contributed by atoms with Crippen molar-refractivity contribution in [2.45, 2.75) is 4.90 Å². The number of allylic oxidation sites excluding steroid dienone is 1. The summed E-state index contributed by atoms with van der Waals surface area (Å²) in [5.41, 5.74) is 1.81. The summed E-state index contributed by atoms with van der Waals surface area (Å²) in [6, 6.07) is 16.5. The number of hydrogen-bond acceptors (Lipinski definition) is 5. The molecule has 0 fully saturated rings. The number of sulfonamides is 1. The molecule has 0 atom stereocenters. The van der Waals surface area contributed by atoms with Crippen LogP contribution in [0.2, 0.25) is 0 Å². The van der Waals surface area contributed by atoms with Crippen molar-refractivity contribution in [1.29, 1.82) is 0 Å². The molecule has 7 heteroatoms. The van der Waals surface area contributed by atoms with Gasteiger partial charge in [0.1, 0.15) is 5.70 Å². The Bertz CT molecular complexity index is 1220. The summed E-state index contributed by atoms with van der Waals surface area (Å²) < 4.78 is 26.5. The molecule has 1 aromatic heterocycles. The van der Waals surface area contributed by atoms with E-state index in [0.717, 1.165) is 15.4 Å². The fourth-order valence-electron chi connectivity index (χ4n) is 3.20. The predicted octanol–water partition coefficient (Wildman–Crippen LogP) is 3.49. The Labute approximate surface area is 162 Å². The van der Waals surface area contributed by atoms with E-state index in [2.05, 4.69) is 4.98 Å². The number of carbonyl (C=O) groups is 1. The van der Waals surface area contributed by atoms with Crippen LogP contribution >= 0.6 is 0 Å². The Morgan fingerprint density at radius 1 is 0.964 bits per heavy atom. The molecule has 1 aliphatic heterocycles. The zero-order chi connectivity index (χ0) is 19.9. The van der Waals surface area contributed by atoms with Crippen LogP contribution in [0.1, 0.15) is 15.9 Å². The summed E-state index contributed by atoms with van der Waals surface area (Å²) >= 11 is 0. The third kappa shape index (κ3) is 2.76. The summed E-state index contributed by atoms with van der Waals surface area (Å²) in [5.74, 6) is -0.929. The molecule has 0 aliphatic carbocycles. The van der Waals surface area contributed by atoms with Gasteiger partial charge in [-0.2, -0.15) is 0 Å². The SMILES string of the molecule is CN1C(=C(O)c2cccc(-c3ccncc3)c2)C(=O)c2ccccc2S1(=O)=O. The third-order valence-electron chi connectivity index (χ3n) is 4.67. The van der Waals surface area contributed by atoms with Gasteiger partial charge in [0, 0.05) is 30.6 Å². The van der Waals surface area contributed by atoms with Crippen LogP contribution in [0.4, 0.5) is 0 Å². The van der Waals surface area contributed by atoms with E-state index in [-0.39, 0.29) is 21.9 Å². The van der Waals surface area contributed by atoms with Crippen molar-refractivity contribution in [3.05, 3.63) is 89.9 Å². The highest BCUT2D eigenvalue weighted by Gasteiger charge is 2.39. The van der Waals surface area contributed by atoms with Gasteiger partial charge in [0.2, 0.25) is 5.78 Å². The highest BCUT2D eigenvalue weighted by Crippen LogP contribution is 2.34. The molecule has 3 aromatic rings. The molecule has 0 saturated carbocycles. The van der Waals surface area contributed by atoms with Crippen LogP contribution in [0.3, 0.4) is 0 Å². The van der Waals surface area contributed by atoms with Crippen molar-refractivity contribution >= 4 is 21.6 Å². The highest BCUT2D eigenvalue weighted by atomic mass is 32.2. The number of nitrogens with zero attached hydrogens (tertiary/aromatic N) is 2. The normalized spacial score (nSPS) is 17.2. The fourth-order valence-corrected chi connectivity index (χ4v) is 4.60. The summed E-state index contributed by atoms with van der Waals surface area (Å²) in [6.45, 7) is 0. The van der Waals surface area contributed by atoms with E-state index in [1.807, 2.05) is 18.2 Å². The molecule has 4 rings (SSSR count). The second-order valence-corrected chi connectivity index (χ2v) is 8.25. The molecule has 2 aromatic carbocycles. The molecular weight excluding hydrogens is 376 g/mol. The van der Waals surface area contributed by atoms with E-state index < -0.39 is 15.8 Å². The van der Waals surface area contributed by atoms with Crippen molar-refractivity contribution in [3.8, 4) is 11.1 Å². The van der Waals surface area contributed by atoms with Crippen LogP contribution in [0.25, 0.3) is 16.9 Å². The molecule has 1 N–H and O–H groups in total. The first-order valence-corrected chi connectivity index (χ1v) is 9.92. The maximum atomic E-state index is 13.0. The van der Waals surface area contributed by atoms with Crippen LogP contribution in [0.15, 0.2) is 83.6 Å². The molecule has 0 spiro atoms. The first kappa shape index (κ1) is 17.9. The molecule has 0 unspecified atom stereocenters. The van der Waals surface area contributed by atoms with Crippen LogP contribution in [0.5, 0.6) is 0 Å². The number of hydrogen-bond donors (Lipinski definition) is 1. The molecular formula is C21H16N2O4S. The molecule has 2 heterocycles. The lowest BCUT2D eigenvalue weighted by molar-refractivity contribution is 0.100. The number of fused-ring (bicyclic) bond motifs is 1. The monoisotopic (exact) mass is 392 g/mol. The van der Waals surface area contributed by atoms with Gasteiger partial charge in [0.25, 0.3) is 10.0 Å². The number of aliphatic hydroxyl groups is 1. The van der Waals surface area contributed by atoms with E-state index in [1.54, 1.807) is 42.7 Å². The molecule has 0 amide bonds. The minimum Gasteiger partial charge on any atom is -0.505 e. The zero-order valence-electron chi connectivity index (χ0n) is 14.9. The minimum absolute atomic E-state index is 0.0486. The number of aliphatic hydroxyl groups excluding tert-OH is 1. The molecule has 0 saturated heterocycles. The van der Waals surface area contributed by atoms with Crippen LogP contribution in [0, 0.1) is 0 Å². The van der Waals surface area contributed by atoms with Gasteiger partial charge >= 0.3 is 0 Å². The maximum Gasteiger partial charge on any atom is 0.265 e. The van der Waals surface area contributed by atoms with Crippen molar-refractivity contribution in [3.63, 3.8) is 0 Å². The molecule has 140 valence electrons. The maximum absolute atomic E-state index is 13.0. The number of likely N-dealkylation sites (N-methyl/N-ethyl adjacent to an activating group) is 1. The Balaban J connectivity index is 1.89. The summed E-state index contributed by atoms with van der Waals surface area (Å²) in [4.78, 5) is 16.9. The Hall–Kier alpha value is -3.45. The molecule has 28 heavy (non-hydrogen) atoms. The molecule has 6 nitrogen and oxygen atoms in total. The highest BCUT2D eigenvalue weighted by molar-refractivity contribution is 7.89. The summed E-state index contributed by atoms with van der Waals surface area (Å²) in [7, 11) is -2.67. The van der Waals surface area contributed by atoms with Crippen molar-refractivity contribution in [1.82, 2.24) is 9.29 Å². The number of Topliss-reactive ketones (excluding diaryl/α,β-unsaturated/α-hetero) is 1. The number of ketones is 1. The van der Waals surface area contributed by atoms with E-state index >= 15 is 0 Å². The van der Waals surface area contributed by atoms with E-state index in [0.29, 0.717) is 5.56 Å². The van der Waals surface area contributed by atoms with E-state index in [4.69, 9.17) is 0 Å². The van der Waals surface area contributed by atoms with Gasteiger partial charge in [0.15, 0.2) is 5.76 Å². The molecule has 1 aliphatic rings. The van der Waals surface area contributed by atoms with Crippen molar-refractivity contribution in [2.24, 2.45) is 0 Å². The average molecular weight is 392 g/mol. The Morgan fingerprint density at radius 2 is 1.68 bits per heavy atom. The van der Waals surface area contributed by atoms with Gasteiger partial charge < -0.3 is 5.11 Å².